The van der Waals surface area contributed by atoms with Crippen molar-refractivity contribution in [1.29, 1.82) is 0 Å². The van der Waals surface area contributed by atoms with Crippen molar-refractivity contribution >= 4 is 54.3 Å². The van der Waals surface area contributed by atoms with E-state index in [-0.39, 0.29) is 0 Å². The maximum atomic E-state index is 5.35. The van der Waals surface area contributed by atoms with Gasteiger partial charge in [-0.25, -0.2) is 9.97 Å². The summed E-state index contributed by atoms with van der Waals surface area (Å²) >= 11 is 0. The van der Waals surface area contributed by atoms with E-state index in [0.717, 1.165) is 44.4 Å². The molecule has 3 nitrogen and oxygen atoms in total. The lowest BCUT2D eigenvalue weighted by atomic mass is 9.93. The van der Waals surface area contributed by atoms with Crippen LogP contribution < -0.4 is 0 Å². The molecule has 2 aromatic heterocycles. The van der Waals surface area contributed by atoms with Crippen LogP contribution in [0, 0.1) is 0 Å². The molecule has 0 radical (unpaired) electrons. The fraction of sp³-hybridized carbons (Fsp3) is 0. The minimum atomic E-state index is 0.713. The van der Waals surface area contributed by atoms with Gasteiger partial charge in [0.15, 0.2) is 5.82 Å². The first kappa shape index (κ1) is 23.9. The van der Waals surface area contributed by atoms with E-state index in [1.54, 1.807) is 0 Å². The average Bonchev–Trinajstić information content (AvgIpc) is 3.43. The lowest BCUT2D eigenvalue weighted by Crippen LogP contribution is -1.99. The molecule has 0 saturated carbocycles. The molecular weight excluding hydrogens is 522 g/mol. The Hall–Kier alpha value is -5.80. The number of rotatable bonds is 3. The summed E-state index contributed by atoms with van der Waals surface area (Å²) in [7, 11) is 0. The number of fused-ring (bicyclic) bond motifs is 9. The van der Waals surface area contributed by atoms with Crippen LogP contribution in [-0.4, -0.2) is 14.5 Å². The normalized spacial score (nSPS) is 11.7. The Bertz CT molecular complexity index is 2460. The largest absolute Gasteiger partial charge is 0.294 e. The smallest absolute Gasteiger partial charge is 0.162 e. The molecule has 0 amide bonds. The van der Waals surface area contributed by atoms with Crippen molar-refractivity contribution in [3.05, 3.63) is 152 Å². The third-order valence-corrected chi connectivity index (χ3v) is 8.58. The van der Waals surface area contributed by atoms with Crippen LogP contribution in [0.1, 0.15) is 0 Å². The first-order valence-corrected chi connectivity index (χ1v) is 14.6. The standard InChI is InChI=1S/C40H25N3/c1-3-13-26(14-4-1)38-37-34-21-11-12-22-36(34)43(28-15-5-2-6-16-28)40(37)42-39(41-38)27-23-24-33-31-19-8-7-17-29(31)30-18-9-10-20-32(30)35(33)25-27/h1-25H. The van der Waals surface area contributed by atoms with Crippen LogP contribution in [0.25, 0.3) is 82.6 Å². The monoisotopic (exact) mass is 547 g/mol. The lowest BCUT2D eigenvalue weighted by Gasteiger charge is -2.13. The van der Waals surface area contributed by atoms with Gasteiger partial charge in [0.25, 0.3) is 0 Å². The van der Waals surface area contributed by atoms with Gasteiger partial charge in [0.05, 0.1) is 16.6 Å². The summed E-state index contributed by atoms with van der Waals surface area (Å²) in [4.78, 5) is 10.7. The number of nitrogens with zero attached hydrogens (tertiary/aromatic N) is 3. The van der Waals surface area contributed by atoms with Gasteiger partial charge >= 0.3 is 0 Å². The van der Waals surface area contributed by atoms with Gasteiger partial charge in [-0.05, 0) is 56.6 Å². The first-order chi connectivity index (χ1) is 21.3. The Labute approximate surface area is 248 Å². The Balaban J connectivity index is 1.41. The number of aromatic nitrogens is 3. The summed E-state index contributed by atoms with van der Waals surface area (Å²) in [6, 6.07) is 53.6. The Morgan fingerprint density at radius 2 is 0.930 bits per heavy atom. The topological polar surface area (TPSA) is 30.7 Å². The highest BCUT2D eigenvalue weighted by Crippen LogP contribution is 2.40. The van der Waals surface area contributed by atoms with E-state index in [9.17, 15) is 0 Å². The van der Waals surface area contributed by atoms with Crippen molar-refractivity contribution in [2.45, 2.75) is 0 Å². The molecular formula is C40H25N3. The molecule has 0 spiro atoms. The molecule has 43 heavy (non-hydrogen) atoms. The maximum Gasteiger partial charge on any atom is 0.162 e. The zero-order chi connectivity index (χ0) is 28.3. The molecule has 9 aromatic rings. The second kappa shape index (κ2) is 9.37. The minimum Gasteiger partial charge on any atom is -0.294 e. The average molecular weight is 548 g/mol. The molecule has 0 aliphatic rings. The summed E-state index contributed by atoms with van der Waals surface area (Å²) in [5, 5.41) is 9.67. The minimum absolute atomic E-state index is 0.713. The van der Waals surface area contributed by atoms with E-state index in [4.69, 9.17) is 9.97 Å². The molecule has 9 rings (SSSR count). The SMILES string of the molecule is c1ccc(-c2nc(-c3ccc4c5ccccc5c5ccccc5c4c3)nc3c2c2ccccc2n3-c2ccccc2)cc1. The van der Waals surface area contributed by atoms with Crippen LogP contribution in [0.2, 0.25) is 0 Å². The lowest BCUT2D eigenvalue weighted by molar-refractivity contribution is 1.11. The van der Waals surface area contributed by atoms with Gasteiger partial charge in [0.2, 0.25) is 0 Å². The van der Waals surface area contributed by atoms with Crippen molar-refractivity contribution in [3.63, 3.8) is 0 Å². The van der Waals surface area contributed by atoms with Crippen LogP contribution in [0.4, 0.5) is 0 Å². The number of para-hydroxylation sites is 2. The second-order valence-electron chi connectivity index (χ2n) is 11.0. The maximum absolute atomic E-state index is 5.35. The molecule has 0 N–H and O–H groups in total. The van der Waals surface area contributed by atoms with Crippen molar-refractivity contribution in [2.75, 3.05) is 0 Å². The summed E-state index contributed by atoms with van der Waals surface area (Å²) in [6.07, 6.45) is 0. The van der Waals surface area contributed by atoms with Gasteiger partial charge in [0.1, 0.15) is 5.65 Å². The van der Waals surface area contributed by atoms with Gasteiger partial charge in [-0.2, -0.15) is 0 Å². The van der Waals surface area contributed by atoms with Crippen LogP contribution in [0.15, 0.2) is 152 Å². The van der Waals surface area contributed by atoms with Crippen LogP contribution in [-0.2, 0) is 0 Å². The molecule has 0 aliphatic carbocycles. The van der Waals surface area contributed by atoms with Crippen molar-refractivity contribution in [3.8, 4) is 28.3 Å². The van der Waals surface area contributed by atoms with Gasteiger partial charge in [-0.3, -0.25) is 4.57 Å². The van der Waals surface area contributed by atoms with Gasteiger partial charge in [0, 0.05) is 22.2 Å². The molecule has 0 unspecified atom stereocenters. The fourth-order valence-corrected chi connectivity index (χ4v) is 6.67. The molecule has 0 saturated heterocycles. The Morgan fingerprint density at radius 3 is 1.60 bits per heavy atom. The summed E-state index contributed by atoms with van der Waals surface area (Å²) in [5.74, 6) is 0.713. The van der Waals surface area contributed by atoms with Gasteiger partial charge in [-0.1, -0.05) is 127 Å². The van der Waals surface area contributed by atoms with E-state index in [1.807, 2.05) is 0 Å². The molecule has 3 heteroatoms. The first-order valence-electron chi connectivity index (χ1n) is 14.6. The van der Waals surface area contributed by atoms with Gasteiger partial charge < -0.3 is 0 Å². The zero-order valence-corrected chi connectivity index (χ0v) is 23.3. The van der Waals surface area contributed by atoms with E-state index in [0.29, 0.717) is 5.82 Å². The van der Waals surface area contributed by atoms with Gasteiger partial charge in [-0.15, -0.1) is 0 Å². The predicted molar refractivity (Wildman–Crippen MR) is 180 cm³/mol. The number of hydrogen-bond donors (Lipinski definition) is 0. The number of hydrogen-bond acceptors (Lipinski definition) is 2. The van der Waals surface area contributed by atoms with Crippen LogP contribution in [0.3, 0.4) is 0 Å². The van der Waals surface area contributed by atoms with E-state index in [2.05, 4.69) is 156 Å². The number of benzene rings is 7. The summed E-state index contributed by atoms with van der Waals surface area (Å²) in [6.45, 7) is 0. The van der Waals surface area contributed by atoms with Crippen molar-refractivity contribution in [2.24, 2.45) is 0 Å². The van der Waals surface area contributed by atoms with Crippen molar-refractivity contribution in [1.82, 2.24) is 14.5 Å². The molecule has 200 valence electrons. The highest BCUT2D eigenvalue weighted by Gasteiger charge is 2.21. The van der Waals surface area contributed by atoms with Crippen LogP contribution in [0.5, 0.6) is 0 Å². The summed E-state index contributed by atoms with van der Waals surface area (Å²) in [5.41, 5.74) is 6.10. The molecule has 0 aliphatic heterocycles. The van der Waals surface area contributed by atoms with E-state index in [1.165, 1.54) is 32.3 Å². The molecule has 7 aromatic carbocycles. The Kier molecular flexibility index (Phi) is 5.20. The third-order valence-electron chi connectivity index (χ3n) is 8.58. The molecule has 0 fully saturated rings. The zero-order valence-electron chi connectivity index (χ0n) is 23.3. The highest BCUT2D eigenvalue weighted by molar-refractivity contribution is 6.25. The molecule has 0 atom stereocenters. The Morgan fingerprint density at radius 1 is 0.395 bits per heavy atom. The third kappa shape index (κ3) is 3.62. The highest BCUT2D eigenvalue weighted by atomic mass is 15.1. The fourth-order valence-electron chi connectivity index (χ4n) is 6.67. The second-order valence-corrected chi connectivity index (χ2v) is 11.0. The molecule has 2 heterocycles. The summed E-state index contributed by atoms with van der Waals surface area (Å²) < 4.78 is 2.27. The molecule has 0 bridgehead atoms. The quantitative estimate of drug-likeness (QED) is 0.206. The predicted octanol–water partition coefficient (Wildman–Crippen LogP) is 10.4. The van der Waals surface area contributed by atoms with E-state index >= 15 is 0 Å². The van der Waals surface area contributed by atoms with E-state index < -0.39 is 0 Å². The van der Waals surface area contributed by atoms with Crippen LogP contribution >= 0.6 is 0 Å². The van der Waals surface area contributed by atoms with Crippen molar-refractivity contribution < 1.29 is 0 Å².